The van der Waals surface area contributed by atoms with Gasteiger partial charge in [-0.3, -0.25) is 9.69 Å². The summed E-state index contributed by atoms with van der Waals surface area (Å²) in [5, 5.41) is 0. The van der Waals surface area contributed by atoms with E-state index in [0.29, 0.717) is 12.3 Å². The van der Waals surface area contributed by atoms with E-state index >= 15 is 0 Å². The lowest BCUT2D eigenvalue weighted by Crippen LogP contribution is -2.34. The zero-order chi connectivity index (χ0) is 15.9. The number of nitrogens with zero attached hydrogens (tertiary/aromatic N) is 1. The fourth-order valence-corrected chi connectivity index (χ4v) is 2.88. The quantitative estimate of drug-likeness (QED) is 0.756. The lowest BCUT2D eigenvalue weighted by atomic mass is 9.93. The number of benzene rings is 1. The molecule has 0 bridgehead atoms. The first kappa shape index (κ1) is 16.8. The van der Waals surface area contributed by atoms with Gasteiger partial charge in [0, 0.05) is 13.0 Å². The Bertz CT molecular complexity index is 462. The third-order valence-electron chi connectivity index (χ3n) is 4.09. The molecule has 1 fully saturated rings. The molecule has 0 radical (unpaired) electrons. The van der Waals surface area contributed by atoms with Gasteiger partial charge in [0.05, 0.1) is 13.2 Å². The van der Waals surface area contributed by atoms with E-state index in [0.717, 1.165) is 38.2 Å². The van der Waals surface area contributed by atoms with Crippen LogP contribution in [-0.4, -0.2) is 37.2 Å². The van der Waals surface area contributed by atoms with Crippen LogP contribution in [0.3, 0.4) is 0 Å². The molecule has 2 rings (SSSR count). The lowest BCUT2D eigenvalue weighted by molar-refractivity contribution is -0.148. The van der Waals surface area contributed by atoms with Crippen molar-refractivity contribution < 1.29 is 14.3 Å². The molecule has 1 aliphatic rings. The molecule has 1 aromatic carbocycles. The highest BCUT2D eigenvalue weighted by Gasteiger charge is 2.22. The molecule has 0 saturated carbocycles. The van der Waals surface area contributed by atoms with E-state index in [1.165, 1.54) is 5.56 Å². The molecule has 0 amide bonds. The number of esters is 1. The van der Waals surface area contributed by atoms with E-state index < -0.39 is 0 Å². The monoisotopic (exact) mass is 305 g/mol. The third kappa shape index (κ3) is 5.34. The van der Waals surface area contributed by atoms with E-state index in [4.69, 9.17) is 9.47 Å². The normalized spacial score (nSPS) is 16.7. The standard InChI is InChI=1S/C18H27NO3/c1-14(2)22-18(20)12-15-8-10-19(11-9-15)13-16-4-6-17(21-3)7-5-16/h4-7,14-15H,8-13H2,1-3H3. The van der Waals surface area contributed by atoms with Crippen molar-refractivity contribution in [3.05, 3.63) is 29.8 Å². The Labute approximate surface area is 133 Å². The predicted octanol–water partition coefficient (Wildman–Crippen LogP) is 3.25. The van der Waals surface area contributed by atoms with Crippen molar-refractivity contribution in [2.24, 2.45) is 5.92 Å². The summed E-state index contributed by atoms with van der Waals surface area (Å²) in [5.74, 6) is 1.31. The maximum Gasteiger partial charge on any atom is 0.306 e. The fourth-order valence-electron chi connectivity index (χ4n) is 2.88. The number of carbonyl (C=O) groups is 1. The van der Waals surface area contributed by atoms with Gasteiger partial charge in [-0.05, 0) is 63.4 Å². The highest BCUT2D eigenvalue weighted by molar-refractivity contribution is 5.69. The molecule has 122 valence electrons. The van der Waals surface area contributed by atoms with Crippen LogP contribution in [-0.2, 0) is 16.1 Å². The van der Waals surface area contributed by atoms with Crippen LogP contribution in [0.4, 0.5) is 0 Å². The van der Waals surface area contributed by atoms with Gasteiger partial charge in [0.25, 0.3) is 0 Å². The van der Waals surface area contributed by atoms with Crippen LogP contribution in [0.15, 0.2) is 24.3 Å². The number of hydrogen-bond acceptors (Lipinski definition) is 4. The van der Waals surface area contributed by atoms with Crippen molar-refractivity contribution in [1.29, 1.82) is 0 Å². The number of likely N-dealkylation sites (tertiary alicyclic amines) is 1. The molecule has 4 nitrogen and oxygen atoms in total. The van der Waals surface area contributed by atoms with Crippen LogP contribution >= 0.6 is 0 Å². The Morgan fingerprint density at radius 1 is 1.23 bits per heavy atom. The van der Waals surface area contributed by atoms with Gasteiger partial charge < -0.3 is 9.47 Å². The molecule has 0 aliphatic carbocycles. The summed E-state index contributed by atoms with van der Waals surface area (Å²) in [4.78, 5) is 14.2. The molecule has 22 heavy (non-hydrogen) atoms. The first-order valence-electron chi connectivity index (χ1n) is 8.11. The molecule has 0 N–H and O–H groups in total. The number of ether oxygens (including phenoxy) is 2. The minimum Gasteiger partial charge on any atom is -0.497 e. The highest BCUT2D eigenvalue weighted by Crippen LogP contribution is 2.23. The third-order valence-corrected chi connectivity index (χ3v) is 4.09. The largest absolute Gasteiger partial charge is 0.497 e. The Morgan fingerprint density at radius 2 is 1.86 bits per heavy atom. The van der Waals surface area contributed by atoms with E-state index in [-0.39, 0.29) is 12.1 Å². The fraction of sp³-hybridized carbons (Fsp3) is 0.611. The van der Waals surface area contributed by atoms with Crippen molar-refractivity contribution in [3.63, 3.8) is 0 Å². The minimum atomic E-state index is -0.0522. The molecule has 0 spiro atoms. The van der Waals surface area contributed by atoms with Gasteiger partial charge in [0.15, 0.2) is 0 Å². The number of methoxy groups -OCH3 is 1. The van der Waals surface area contributed by atoms with Crippen LogP contribution in [0, 0.1) is 5.92 Å². The maximum absolute atomic E-state index is 11.7. The molecule has 0 aromatic heterocycles. The van der Waals surface area contributed by atoms with Crippen LogP contribution in [0.5, 0.6) is 5.75 Å². The van der Waals surface area contributed by atoms with Crippen LogP contribution in [0.2, 0.25) is 0 Å². The summed E-state index contributed by atoms with van der Waals surface area (Å²) in [7, 11) is 1.68. The number of hydrogen-bond donors (Lipinski definition) is 0. The SMILES string of the molecule is COc1ccc(CN2CCC(CC(=O)OC(C)C)CC2)cc1. The average Bonchev–Trinajstić information content (AvgIpc) is 2.49. The molecule has 1 heterocycles. The Morgan fingerprint density at radius 3 is 2.41 bits per heavy atom. The molecule has 0 atom stereocenters. The summed E-state index contributed by atoms with van der Waals surface area (Å²) in [6, 6.07) is 8.24. The second-order valence-corrected chi connectivity index (χ2v) is 6.31. The Kier molecular flexibility index (Phi) is 6.25. The van der Waals surface area contributed by atoms with E-state index in [1.807, 2.05) is 26.0 Å². The van der Waals surface area contributed by atoms with Crippen molar-refractivity contribution >= 4 is 5.97 Å². The number of carbonyl (C=O) groups excluding carboxylic acids is 1. The summed E-state index contributed by atoms with van der Waals surface area (Å²) in [6.45, 7) is 6.86. The number of piperidine rings is 1. The topological polar surface area (TPSA) is 38.8 Å². The van der Waals surface area contributed by atoms with Crippen molar-refractivity contribution in [2.45, 2.75) is 45.8 Å². The minimum absolute atomic E-state index is 0.0114. The van der Waals surface area contributed by atoms with Gasteiger partial charge in [-0.25, -0.2) is 0 Å². The summed E-state index contributed by atoms with van der Waals surface area (Å²) < 4.78 is 10.4. The molecular formula is C18H27NO3. The van der Waals surface area contributed by atoms with Crippen LogP contribution in [0.25, 0.3) is 0 Å². The smallest absolute Gasteiger partial charge is 0.306 e. The Balaban J connectivity index is 1.73. The van der Waals surface area contributed by atoms with Gasteiger partial charge in [-0.1, -0.05) is 12.1 Å². The number of rotatable bonds is 6. The second-order valence-electron chi connectivity index (χ2n) is 6.31. The second kappa shape index (κ2) is 8.18. The van der Waals surface area contributed by atoms with Crippen LogP contribution < -0.4 is 4.74 Å². The van der Waals surface area contributed by atoms with Crippen LogP contribution in [0.1, 0.15) is 38.7 Å². The first-order valence-corrected chi connectivity index (χ1v) is 8.11. The van der Waals surface area contributed by atoms with Gasteiger partial charge in [-0.2, -0.15) is 0 Å². The molecule has 4 heteroatoms. The molecule has 0 unspecified atom stereocenters. The molecular weight excluding hydrogens is 278 g/mol. The molecule has 1 aliphatic heterocycles. The maximum atomic E-state index is 11.7. The highest BCUT2D eigenvalue weighted by atomic mass is 16.5. The van der Waals surface area contributed by atoms with Crippen molar-refractivity contribution in [1.82, 2.24) is 4.90 Å². The lowest BCUT2D eigenvalue weighted by Gasteiger charge is -2.31. The summed E-state index contributed by atoms with van der Waals surface area (Å²) in [6.07, 6.45) is 2.70. The van der Waals surface area contributed by atoms with Gasteiger partial charge >= 0.3 is 5.97 Å². The zero-order valence-corrected chi connectivity index (χ0v) is 13.9. The van der Waals surface area contributed by atoms with E-state index in [9.17, 15) is 4.79 Å². The average molecular weight is 305 g/mol. The summed E-state index contributed by atoms with van der Waals surface area (Å²) >= 11 is 0. The molecule has 1 aromatic rings. The van der Waals surface area contributed by atoms with Gasteiger partial charge in [0.2, 0.25) is 0 Å². The van der Waals surface area contributed by atoms with Crippen molar-refractivity contribution in [2.75, 3.05) is 20.2 Å². The van der Waals surface area contributed by atoms with Crippen molar-refractivity contribution in [3.8, 4) is 5.75 Å². The predicted molar refractivity (Wildman–Crippen MR) is 86.8 cm³/mol. The van der Waals surface area contributed by atoms with Gasteiger partial charge in [-0.15, -0.1) is 0 Å². The molecule has 1 saturated heterocycles. The first-order chi connectivity index (χ1) is 10.6. The van der Waals surface area contributed by atoms with E-state index in [2.05, 4.69) is 17.0 Å². The van der Waals surface area contributed by atoms with E-state index in [1.54, 1.807) is 7.11 Å². The summed E-state index contributed by atoms with van der Waals surface area (Å²) in [5.41, 5.74) is 1.30. The zero-order valence-electron chi connectivity index (χ0n) is 13.9. The Hall–Kier alpha value is -1.55. The van der Waals surface area contributed by atoms with Gasteiger partial charge in [0.1, 0.15) is 5.75 Å².